The Hall–Kier alpha value is -2.88. The summed E-state index contributed by atoms with van der Waals surface area (Å²) in [5.74, 6) is 1.55. The van der Waals surface area contributed by atoms with Crippen LogP contribution < -0.4 is 10.1 Å². The second kappa shape index (κ2) is 11.5. The van der Waals surface area contributed by atoms with Crippen molar-refractivity contribution in [2.24, 2.45) is 0 Å². The first-order valence-corrected chi connectivity index (χ1v) is 10.2. The first kappa shape index (κ1) is 27.4. The topological polar surface area (TPSA) is 128 Å². The Bertz CT molecular complexity index is 951. The number of nitrogens with one attached hydrogen (secondary N) is 1. The van der Waals surface area contributed by atoms with Gasteiger partial charge in [-0.15, -0.1) is 6.42 Å². The molecule has 1 aromatic carbocycles. The van der Waals surface area contributed by atoms with Crippen molar-refractivity contribution in [3.63, 3.8) is 0 Å². The van der Waals surface area contributed by atoms with E-state index in [1.165, 1.54) is 12.1 Å². The van der Waals surface area contributed by atoms with Gasteiger partial charge >= 0.3 is 6.18 Å². The monoisotopic (exact) mass is 485 g/mol. The maximum Gasteiger partial charge on any atom is 0.412 e. The van der Waals surface area contributed by atoms with Gasteiger partial charge in [-0.1, -0.05) is 24.1 Å². The van der Waals surface area contributed by atoms with Crippen molar-refractivity contribution in [3.05, 3.63) is 53.1 Å². The maximum absolute atomic E-state index is 12.6. The number of benzene rings is 1. The van der Waals surface area contributed by atoms with Gasteiger partial charge in [0.05, 0.1) is 18.2 Å². The number of carbonyl (C=O) groups excluding carboxylic acids is 1. The van der Waals surface area contributed by atoms with E-state index in [1.807, 2.05) is 0 Å². The van der Waals surface area contributed by atoms with Crippen LogP contribution in [-0.4, -0.2) is 69.8 Å². The lowest BCUT2D eigenvalue weighted by Gasteiger charge is -2.39. The van der Waals surface area contributed by atoms with Crippen LogP contribution in [0.15, 0.2) is 47.6 Å². The molecule has 0 aromatic heterocycles. The van der Waals surface area contributed by atoms with Gasteiger partial charge in [-0.05, 0) is 37.6 Å². The zero-order valence-electron chi connectivity index (χ0n) is 18.4. The van der Waals surface area contributed by atoms with Gasteiger partial charge in [-0.25, -0.2) is 0 Å². The predicted octanol–water partition coefficient (Wildman–Crippen LogP) is 1.11. The van der Waals surface area contributed by atoms with Gasteiger partial charge in [0, 0.05) is 5.57 Å². The highest BCUT2D eigenvalue weighted by Gasteiger charge is 2.44. The molecule has 1 aromatic rings. The van der Waals surface area contributed by atoms with E-state index in [4.69, 9.17) is 15.9 Å². The lowest BCUT2D eigenvalue weighted by molar-refractivity contribution is -0.277. The molecule has 2 rings (SSSR count). The molecular formula is C23H26F3NO7. The number of alkyl halides is 3. The van der Waals surface area contributed by atoms with Gasteiger partial charge in [0.2, 0.25) is 6.29 Å². The molecule has 1 saturated heterocycles. The van der Waals surface area contributed by atoms with E-state index in [0.717, 1.165) is 19.1 Å². The molecule has 186 valence electrons. The van der Waals surface area contributed by atoms with Crippen molar-refractivity contribution in [3.8, 4) is 18.1 Å². The van der Waals surface area contributed by atoms with E-state index >= 15 is 0 Å². The van der Waals surface area contributed by atoms with Crippen LogP contribution in [0.5, 0.6) is 5.75 Å². The highest BCUT2D eigenvalue weighted by atomic mass is 19.4. The van der Waals surface area contributed by atoms with E-state index in [1.54, 1.807) is 19.1 Å². The minimum Gasteiger partial charge on any atom is -0.462 e. The summed E-state index contributed by atoms with van der Waals surface area (Å²) in [6.45, 7) is 1.90. The van der Waals surface area contributed by atoms with Crippen molar-refractivity contribution in [2.45, 2.75) is 56.8 Å². The SMILES string of the molecule is C#CC(=CC=C(C)C(F)(F)F)C(=O)NC(C)c1ccc(OC2OC(CO)C(O)C(O)C2O)cc1. The second-order valence-electron chi connectivity index (χ2n) is 7.65. The minimum atomic E-state index is -4.53. The molecule has 0 saturated carbocycles. The molecule has 1 amide bonds. The summed E-state index contributed by atoms with van der Waals surface area (Å²) in [7, 11) is 0. The Morgan fingerprint density at radius 3 is 2.35 bits per heavy atom. The molecule has 0 spiro atoms. The maximum atomic E-state index is 12.6. The third-order valence-corrected chi connectivity index (χ3v) is 5.18. The van der Waals surface area contributed by atoms with E-state index in [2.05, 4.69) is 11.2 Å². The van der Waals surface area contributed by atoms with Gasteiger partial charge in [0.1, 0.15) is 30.2 Å². The molecular weight excluding hydrogens is 459 g/mol. The van der Waals surface area contributed by atoms with Crippen LogP contribution >= 0.6 is 0 Å². The van der Waals surface area contributed by atoms with E-state index < -0.39 is 61.0 Å². The van der Waals surface area contributed by atoms with Crippen LogP contribution in [0, 0.1) is 12.3 Å². The number of terminal acetylenes is 1. The zero-order chi connectivity index (χ0) is 25.6. The Morgan fingerprint density at radius 1 is 1.21 bits per heavy atom. The number of hydrogen-bond acceptors (Lipinski definition) is 7. The summed E-state index contributed by atoms with van der Waals surface area (Å²) in [6, 6.07) is 5.58. The molecule has 0 bridgehead atoms. The van der Waals surface area contributed by atoms with Crippen LogP contribution in [0.2, 0.25) is 0 Å². The molecule has 6 atom stereocenters. The molecule has 0 radical (unpaired) electrons. The van der Waals surface area contributed by atoms with Crippen molar-refractivity contribution >= 4 is 5.91 Å². The number of carbonyl (C=O) groups is 1. The van der Waals surface area contributed by atoms with Crippen molar-refractivity contribution in [1.29, 1.82) is 0 Å². The predicted molar refractivity (Wildman–Crippen MR) is 114 cm³/mol. The zero-order valence-corrected chi connectivity index (χ0v) is 18.4. The fraction of sp³-hybridized carbons (Fsp3) is 0.435. The second-order valence-corrected chi connectivity index (χ2v) is 7.65. The lowest BCUT2D eigenvalue weighted by atomic mass is 9.99. The fourth-order valence-electron chi connectivity index (χ4n) is 2.98. The number of amides is 1. The van der Waals surface area contributed by atoms with Crippen LogP contribution in [0.3, 0.4) is 0 Å². The smallest absolute Gasteiger partial charge is 0.412 e. The summed E-state index contributed by atoms with van der Waals surface area (Å²) in [6.07, 6.45) is -4.77. The van der Waals surface area contributed by atoms with Crippen LogP contribution in [0.1, 0.15) is 25.5 Å². The number of aliphatic hydroxyl groups excluding tert-OH is 4. The Labute approximate surface area is 194 Å². The van der Waals surface area contributed by atoms with Crippen LogP contribution in [0.25, 0.3) is 0 Å². The molecule has 34 heavy (non-hydrogen) atoms. The fourth-order valence-corrected chi connectivity index (χ4v) is 2.98. The number of aliphatic hydroxyl groups is 4. The summed E-state index contributed by atoms with van der Waals surface area (Å²) in [4.78, 5) is 12.3. The molecule has 8 nitrogen and oxygen atoms in total. The Morgan fingerprint density at radius 2 is 1.82 bits per heavy atom. The quantitative estimate of drug-likeness (QED) is 0.222. The van der Waals surface area contributed by atoms with E-state index in [-0.39, 0.29) is 11.3 Å². The van der Waals surface area contributed by atoms with Crippen molar-refractivity contribution in [2.75, 3.05) is 6.61 Å². The number of hydrogen-bond donors (Lipinski definition) is 5. The minimum absolute atomic E-state index is 0.226. The van der Waals surface area contributed by atoms with Crippen molar-refractivity contribution in [1.82, 2.24) is 5.32 Å². The molecule has 6 unspecified atom stereocenters. The summed E-state index contributed by atoms with van der Waals surface area (Å²) >= 11 is 0. The third-order valence-electron chi connectivity index (χ3n) is 5.18. The van der Waals surface area contributed by atoms with Gasteiger partial charge in [-0.2, -0.15) is 13.2 Å². The summed E-state index contributed by atoms with van der Waals surface area (Å²) in [5.41, 5.74) is -0.581. The largest absolute Gasteiger partial charge is 0.462 e. The first-order valence-electron chi connectivity index (χ1n) is 10.2. The van der Waals surface area contributed by atoms with Gasteiger partial charge in [-0.3, -0.25) is 4.79 Å². The number of allylic oxidation sites excluding steroid dienone is 3. The van der Waals surface area contributed by atoms with Crippen molar-refractivity contribution < 1.29 is 47.9 Å². The summed E-state index contributed by atoms with van der Waals surface area (Å²) in [5, 5.41) is 41.5. The molecule has 11 heteroatoms. The molecule has 5 N–H and O–H groups in total. The molecule has 0 aliphatic carbocycles. The van der Waals surface area contributed by atoms with Crippen LogP contribution in [-0.2, 0) is 9.53 Å². The molecule has 1 aliphatic rings. The van der Waals surface area contributed by atoms with Gasteiger partial charge < -0.3 is 35.2 Å². The highest BCUT2D eigenvalue weighted by Crippen LogP contribution is 2.26. The highest BCUT2D eigenvalue weighted by molar-refractivity contribution is 5.98. The third kappa shape index (κ3) is 6.82. The number of rotatable bonds is 7. The van der Waals surface area contributed by atoms with Crippen LogP contribution in [0.4, 0.5) is 13.2 Å². The molecule has 1 fully saturated rings. The number of ether oxygens (including phenoxy) is 2. The summed E-state index contributed by atoms with van der Waals surface area (Å²) < 4.78 is 48.6. The number of halogens is 3. The van der Waals surface area contributed by atoms with Gasteiger partial charge in [0.15, 0.2) is 0 Å². The molecule has 1 aliphatic heterocycles. The van der Waals surface area contributed by atoms with E-state index in [9.17, 15) is 38.4 Å². The standard InChI is InChI=1S/C23H26F3NO7/c1-4-14(6-5-12(2)23(24,25)26)21(32)27-13(3)15-7-9-16(10-8-15)33-22-20(31)19(30)18(29)17(11-28)34-22/h1,5-10,13,17-20,22,28-31H,11H2,2-3H3,(H,27,32). The Balaban J connectivity index is 2.04. The molecule has 1 heterocycles. The average molecular weight is 485 g/mol. The first-order chi connectivity index (χ1) is 15.9. The average Bonchev–Trinajstić information content (AvgIpc) is 2.79. The van der Waals surface area contributed by atoms with Gasteiger partial charge in [0.25, 0.3) is 5.91 Å². The van der Waals surface area contributed by atoms with E-state index in [0.29, 0.717) is 5.56 Å². The Kier molecular flexibility index (Phi) is 9.26. The normalized spacial score (nSPS) is 27.0. The lowest BCUT2D eigenvalue weighted by Crippen LogP contribution is -2.60.